The molecule has 0 fully saturated rings. The van der Waals surface area contributed by atoms with Crippen LogP contribution in [0.5, 0.6) is 0 Å². The Balaban J connectivity index is 3.90. The Morgan fingerprint density at radius 2 is 2.00 bits per heavy atom. The van der Waals surface area contributed by atoms with Gasteiger partial charge in [-0.2, -0.15) is 0 Å². The summed E-state index contributed by atoms with van der Waals surface area (Å²) in [6, 6.07) is 0. The van der Waals surface area contributed by atoms with Crippen LogP contribution in [0.25, 0.3) is 0 Å². The first kappa shape index (κ1) is 10.9. The Kier molecular flexibility index (Phi) is 5.47. The minimum absolute atomic E-state index is 0.569. The van der Waals surface area contributed by atoms with Gasteiger partial charge in [0.25, 0.3) is 0 Å². The van der Waals surface area contributed by atoms with Crippen LogP contribution >= 0.6 is 11.8 Å². The lowest BCUT2D eigenvalue weighted by atomic mass is 10.2. The molecule has 0 heterocycles. The second-order valence-electron chi connectivity index (χ2n) is 3.06. The molecule has 2 heteroatoms. The van der Waals surface area contributed by atoms with Crippen LogP contribution in [0.3, 0.4) is 0 Å². The Morgan fingerprint density at radius 1 is 1.45 bits per heavy atom. The summed E-state index contributed by atoms with van der Waals surface area (Å²) in [6.45, 7) is 8.78. The van der Waals surface area contributed by atoms with Gasteiger partial charge in [0.2, 0.25) is 0 Å². The molecule has 0 aliphatic rings. The summed E-state index contributed by atoms with van der Waals surface area (Å²) >= 11 is 1.89. The number of rotatable bonds is 4. The highest BCUT2D eigenvalue weighted by Gasteiger charge is 2.07. The highest BCUT2D eigenvalue weighted by Crippen LogP contribution is 2.28. The van der Waals surface area contributed by atoms with Gasteiger partial charge in [-0.1, -0.05) is 27.7 Å². The number of thioether (sulfide) groups is 1. The fourth-order valence-electron chi connectivity index (χ4n) is 0.683. The molecule has 0 spiro atoms. The van der Waals surface area contributed by atoms with E-state index in [9.17, 15) is 0 Å². The maximum Gasteiger partial charge on any atom is 0.00608 e. The third kappa shape index (κ3) is 4.35. The Hall–Kier alpha value is -0.110. The van der Waals surface area contributed by atoms with E-state index in [1.807, 2.05) is 11.8 Å². The van der Waals surface area contributed by atoms with Crippen LogP contribution in [0.15, 0.2) is 11.1 Å². The first-order valence-electron chi connectivity index (χ1n) is 4.20. The standard InChI is InChI=1S/C9H19NS/c1-5-8(4)11-9(6-10)7(2)3/h6-8H,5,10H2,1-4H3/b9-6-. The molecule has 66 valence electrons. The number of hydrogen-bond donors (Lipinski definition) is 1. The molecule has 1 nitrogen and oxygen atoms in total. The predicted molar refractivity (Wildman–Crippen MR) is 54.5 cm³/mol. The molecule has 2 N–H and O–H groups in total. The fourth-order valence-corrected chi connectivity index (χ4v) is 1.67. The minimum atomic E-state index is 0.569. The van der Waals surface area contributed by atoms with Crippen LogP contribution in [-0.4, -0.2) is 5.25 Å². The predicted octanol–water partition coefficient (Wildman–Crippen LogP) is 2.97. The number of nitrogens with two attached hydrogens (primary N) is 1. The molecule has 0 saturated carbocycles. The zero-order chi connectivity index (χ0) is 8.85. The van der Waals surface area contributed by atoms with Crippen LogP contribution in [0, 0.1) is 5.92 Å². The van der Waals surface area contributed by atoms with Gasteiger partial charge in [-0.3, -0.25) is 0 Å². The second kappa shape index (κ2) is 5.53. The molecule has 0 aromatic carbocycles. The molecule has 0 aromatic rings. The van der Waals surface area contributed by atoms with Crippen molar-refractivity contribution in [2.75, 3.05) is 0 Å². The van der Waals surface area contributed by atoms with E-state index < -0.39 is 0 Å². The van der Waals surface area contributed by atoms with Gasteiger partial charge >= 0.3 is 0 Å². The summed E-state index contributed by atoms with van der Waals surface area (Å²) in [5, 5.41) is 0.687. The summed E-state index contributed by atoms with van der Waals surface area (Å²) in [5.41, 5.74) is 5.49. The van der Waals surface area contributed by atoms with Gasteiger partial charge in [-0.15, -0.1) is 11.8 Å². The van der Waals surface area contributed by atoms with Crippen LogP contribution in [-0.2, 0) is 0 Å². The molecule has 0 bridgehead atoms. The molecule has 0 aromatic heterocycles. The van der Waals surface area contributed by atoms with Crippen molar-refractivity contribution in [2.24, 2.45) is 11.7 Å². The van der Waals surface area contributed by atoms with Crippen LogP contribution in [0.1, 0.15) is 34.1 Å². The maximum absolute atomic E-state index is 5.49. The van der Waals surface area contributed by atoms with Crippen molar-refractivity contribution in [3.05, 3.63) is 11.1 Å². The zero-order valence-corrected chi connectivity index (χ0v) is 8.74. The van der Waals surface area contributed by atoms with Crippen molar-refractivity contribution in [1.29, 1.82) is 0 Å². The topological polar surface area (TPSA) is 26.0 Å². The van der Waals surface area contributed by atoms with Crippen molar-refractivity contribution < 1.29 is 0 Å². The first-order chi connectivity index (χ1) is 5.11. The number of allylic oxidation sites excluding steroid dienone is 1. The van der Waals surface area contributed by atoms with Gasteiger partial charge < -0.3 is 5.73 Å². The average molecular weight is 173 g/mol. The Morgan fingerprint density at radius 3 is 2.27 bits per heavy atom. The molecule has 0 saturated heterocycles. The van der Waals surface area contributed by atoms with E-state index in [4.69, 9.17) is 5.73 Å². The highest BCUT2D eigenvalue weighted by molar-refractivity contribution is 8.03. The molecule has 0 aliphatic carbocycles. The maximum atomic E-state index is 5.49. The van der Waals surface area contributed by atoms with Crippen molar-refractivity contribution >= 4 is 11.8 Å². The van der Waals surface area contributed by atoms with Crippen LogP contribution in [0.2, 0.25) is 0 Å². The van der Waals surface area contributed by atoms with Gasteiger partial charge in [-0.25, -0.2) is 0 Å². The largest absolute Gasteiger partial charge is 0.404 e. The summed E-state index contributed by atoms with van der Waals surface area (Å²) in [6.07, 6.45) is 2.94. The van der Waals surface area contributed by atoms with Crippen LogP contribution < -0.4 is 5.73 Å². The van der Waals surface area contributed by atoms with E-state index in [0.717, 1.165) is 0 Å². The third-order valence-electron chi connectivity index (χ3n) is 1.65. The average Bonchev–Trinajstić information content (AvgIpc) is 1.99. The number of hydrogen-bond acceptors (Lipinski definition) is 2. The Bertz CT molecular complexity index is 130. The van der Waals surface area contributed by atoms with E-state index in [0.29, 0.717) is 11.2 Å². The highest BCUT2D eigenvalue weighted by atomic mass is 32.2. The molecule has 1 atom stereocenters. The van der Waals surface area contributed by atoms with Crippen molar-refractivity contribution in [3.63, 3.8) is 0 Å². The van der Waals surface area contributed by atoms with E-state index in [2.05, 4.69) is 27.7 Å². The monoisotopic (exact) mass is 173 g/mol. The SMILES string of the molecule is CCC(C)S/C(=C\N)C(C)C. The summed E-state index contributed by atoms with van der Waals surface area (Å²) in [5.74, 6) is 0.569. The van der Waals surface area contributed by atoms with E-state index >= 15 is 0 Å². The normalized spacial score (nSPS) is 15.5. The molecule has 0 aliphatic heterocycles. The summed E-state index contributed by atoms with van der Waals surface area (Å²) < 4.78 is 0. The first-order valence-corrected chi connectivity index (χ1v) is 5.08. The van der Waals surface area contributed by atoms with Crippen molar-refractivity contribution in [3.8, 4) is 0 Å². The summed E-state index contributed by atoms with van der Waals surface area (Å²) in [7, 11) is 0. The van der Waals surface area contributed by atoms with Gasteiger partial charge in [0, 0.05) is 16.4 Å². The third-order valence-corrected chi connectivity index (χ3v) is 3.26. The van der Waals surface area contributed by atoms with Gasteiger partial charge in [0.05, 0.1) is 0 Å². The smallest absolute Gasteiger partial charge is 0.00608 e. The molecule has 0 radical (unpaired) electrons. The molecular formula is C9H19NS. The van der Waals surface area contributed by atoms with Gasteiger partial charge in [-0.05, 0) is 12.3 Å². The summed E-state index contributed by atoms with van der Waals surface area (Å²) in [4.78, 5) is 1.30. The van der Waals surface area contributed by atoms with Crippen molar-refractivity contribution in [1.82, 2.24) is 0 Å². The van der Waals surface area contributed by atoms with Crippen LogP contribution in [0.4, 0.5) is 0 Å². The molecule has 0 amide bonds. The van der Waals surface area contributed by atoms with E-state index in [-0.39, 0.29) is 0 Å². The van der Waals surface area contributed by atoms with E-state index in [1.165, 1.54) is 11.3 Å². The lowest BCUT2D eigenvalue weighted by Crippen LogP contribution is -2.00. The lowest BCUT2D eigenvalue weighted by molar-refractivity contribution is 0.808. The van der Waals surface area contributed by atoms with Gasteiger partial charge in [0.15, 0.2) is 0 Å². The molecular weight excluding hydrogens is 154 g/mol. The van der Waals surface area contributed by atoms with E-state index in [1.54, 1.807) is 6.20 Å². The fraction of sp³-hybridized carbons (Fsp3) is 0.778. The minimum Gasteiger partial charge on any atom is -0.404 e. The molecule has 11 heavy (non-hydrogen) atoms. The Labute approximate surface area is 74.4 Å². The second-order valence-corrected chi connectivity index (χ2v) is 4.57. The quantitative estimate of drug-likeness (QED) is 0.707. The molecule has 0 rings (SSSR count). The van der Waals surface area contributed by atoms with Gasteiger partial charge in [0.1, 0.15) is 0 Å². The molecule has 1 unspecified atom stereocenters. The lowest BCUT2D eigenvalue weighted by Gasteiger charge is -2.13. The van der Waals surface area contributed by atoms with Crippen molar-refractivity contribution in [2.45, 2.75) is 39.4 Å². The zero-order valence-electron chi connectivity index (χ0n) is 7.92.